The van der Waals surface area contributed by atoms with Crippen LogP contribution in [0.3, 0.4) is 0 Å². The summed E-state index contributed by atoms with van der Waals surface area (Å²) < 4.78 is 11.2. The first kappa shape index (κ1) is 15.4. The van der Waals surface area contributed by atoms with Crippen LogP contribution >= 0.6 is 0 Å². The molecule has 1 rings (SSSR count). The number of oxime groups is 2. The predicted molar refractivity (Wildman–Crippen MR) is 82.2 cm³/mol. The van der Waals surface area contributed by atoms with E-state index >= 15 is 0 Å². The molecule has 0 amide bonds. The molecule has 0 bridgehead atoms. The lowest BCUT2D eigenvalue weighted by Gasteiger charge is -2.20. The van der Waals surface area contributed by atoms with E-state index in [4.69, 9.17) is 9.05 Å². The molecule has 18 heavy (non-hydrogen) atoms. The van der Waals surface area contributed by atoms with Crippen molar-refractivity contribution in [1.82, 2.24) is 0 Å². The van der Waals surface area contributed by atoms with Crippen molar-refractivity contribution in [3.63, 3.8) is 0 Å². The summed E-state index contributed by atoms with van der Waals surface area (Å²) in [5.74, 6) is 0. The van der Waals surface area contributed by atoms with Crippen LogP contribution in [0.15, 0.2) is 10.3 Å². The van der Waals surface area contributed by atoms with E-state index in [9.17, 15) is 0 Å². The molecule has 0 atom stereocenters. The summed E-state index contributed by atoms with van der Waals surface area (Å²) in [7, 11) is -3.13. The first-order valence-electron chi connectivity index (χ1n) is 6.63. The van der Waals surface area contributed by atoms with Crippen molar-refractivity contribution in [2.45, 2.75) is 65.0 Å². The third kappa shape index (κ3) is 6.95. The maximum Gasteiger partial charge on any atom is 0.278 e. The Morgan fingerprint density at radius 2 is 1.17 bits per heavy atom. The predicted octanol–water partition coefficient (Wildman–Crippen LogP) is 3.98. The molecule has 0 heterocycles. The summed E-state index contributed by atoms with van der Waals surface area (Å²) in [6.07, 6.45) is 3.96. The molecule has 1 saturated carbocycles. The van der Waals surface area contributed by atoms with Crippen molar-refractivity contribution >= 4 is 28.1 Å². The number of hydrogen-bond acceptors (Lipinski definition) is 4. The van der Waals surface area contributed by atoms with Gasteiger partial charge in [-0.05, 0) is 58.5 Å². The van der Waals surface area contributed by atoms with Gasteiger partial charge in [-0.25, -0.2) is 0 Å². The Bertz CT molecular complexity index is 309. The molecule has 0 aromatic rings. The highest BCUT2D eigenvalue weighted by molar-refractivity contribution is 6.70. The highest BCUT2D eigenvalue weighted by Crippen LogP contribution is 2.16. The lowest BCUT2D eigenvalue weighted by atomic mass is 9.97. The Hall–Kier alpha value is -0.626. The second kappa shape index (κ2) is 6.01. The van der Waals surface area contributed by atoms with Crippen molar-refractivity contribution in [1.29, 1.82) is 0 Å². The Kier molecular flexibility index (Phi) is 5.15. The maximum absolute atomic E-state index is 5.60. The zero-order chi connectivity index (χ0) is 13.8. The monoisotopic (exact) mass is 286 g/mol. The molecule has 4 nitrogen and oxygen atoms in total. The molecule has 104 valence electrons. The molecule has 0 saturated heterocycles. The normalized spacial score (nSPS) is 22.3. The van der Waals surface area contributed by atoms with Crippen LogP contribution in [0, 0.1) is 0 Å². The minimum atomic E-state index is -1.56. The van der Waals surface area contributed by atoms with Gasteiger partial charge in [-0.3, -0.25) is 0 Å². The number of rotatable bonds is 4. The fraction of sp³-hybridized carbons (Fsp3) is 0.833. The zero-order valence-corrected chi connectivity index (χ0v) is 14.5. The van der Waals surface area contributed by atoms with Crippen LogP contribution in [0.4, 0.5) is 0 Å². The van der Waals surface area contributed by atoms with Gasteiger partial charge in [0.1, 0.15) is 0 Å². The van der Waals surface area contributed by atoms with E-state index in [1.165, 1.54) is 0 Å². The third-order valence-electron chi connectivity index (χ3n) is 2.24. The molecule has 1 fully saturated rings. The largest absolute Gasteiger partial charge is 0.456 e. The minimum Gasteiger partial charge on any atom is -0.456 e. The first-order chi connectivity index (χ1) is 8.16. The molecule has 0 aliphatic heterocycles. The first-order valence-corrected chi connectivity index (χ1v) is 13.5. The van der Waals surface area contributed by atoms with Gasteiger partial charge in [0.15, 0.2) is 0 Å². The standard InChI is InChI=1S/C12H26N2O2Si2/c1-17(2,3)15-13-11-8-7-9-12(10-11)14-16-18(4,5)6/h7-10H2,1-6H3. The summed E-state index contributed by atoms with van der Waals surface area (Å²) in [6, 6.07) is 0. The number of nitrogens with zero attached hydrogens (tertiary/aromatic N) is 2. The smallest absolute Gasteiger partial charge is 0.278 e. The van der Waals surface area contributed by atoms with Crippen LogP contribution in [0.2, 0.25) is 39.3 Å². The Labute approximate surface area is 113 Å². The molecule has 0 spiro atoms. The summed E-state index contributed by atoms with van der Waals surface area (Å²) in [5, 5.41) is 8.60. The fourth-order valence-corrected chi connectivity index (χ4v) is 2.27. The van der Waals surface area contributed by atoms with E-state index in [1.54, 1.807) is 0 Å². The molecule has 0 unspecified atom stereocenters. The second-order valence-electron chi connectivity index (χ2n) is 6.75. The van der Waals surface area contributed by atoms with Gasteiger partial charge < -0.3 is 9.05 Å². The SMILES string of the molecule is C[Si](C)(C)ON=C1CCCC(=NO[Si](C)(C)C)C1. The summed E-state index contributed by atoms with van der Waals surface area (Å²) in [5.41, 5.74) is 2.23. The van der Waals surface area contributed by atoms with E-state index in [2.05, 4.69) is 49.6 Å². The average molecular weight is 287 g/mol. The molecule has 1 aliphatic rings. The molecular weight excluding hydrogens is 260 g/mol. The summed E-state index contributed by atoms with van der Waals surface area (Å²) in [6.45, 7) is 12.9. The molecular formula is C12H26N2O2Si2. The van der Waals surface area contributed by atoms with Crippen LogP contribution in [0.25, 0.3) is 0 Å². The molecule has 0 aromatic carbocycles. The van der Waals surface area contributed by atoms with E-state index in [-0.39, 0.29) is 0 Å². The molecule has 1 aliphatic carbocycles. The lowest BCUT2D eigenvalue weighted by Crippen LogP contribution is -2.26. The van der Waals surface area contributed by atoms with Gasteiger partial charge >= 0.3 is 0 Å². The molecule has 0 N–H and O–H groups in total. The Balaban J connectivity index is 2.56. The van der Waals surface area contributed by atoms with Gasteiger partial charge in [0.2, 0.25) is 0 Å². The van der Waals surface area contributed by atoms with Crippen LogP contribution in [0.1, 0.15) is 25.7 Å². The lowest BCUT2D eigenvalue weighted by molar-refractivity contribution is 0.328. The van der Waals surface area contributed by atoms with Crippen LogP contribution in [0.5, 0.6) is 0 Å². The summed E-state index contributed by atoms with van der Waals surface area (Å²) >= 11 is 0. The molecule has 6 heteroatoms. The van der Waals surface area contributed by atoms with E-state index in [1.807, 2.05) is 0 Å². The number of hydrogen-bond donors (Lipinski definition) is 0. The van der Waals surface area contributed by atoms with Crippen molar-refractivity contribution in [3.8, 4) is 0 Å². The average Bonchev–Trinajstić information content (AvgIpc) is 2.22. The van der Waals surface area contributed by atoms with E-state index in [0.29, 0.717) is 0 Å². The minimum absolute atomic E-state index is 0.814. The van der Waals surface area contributed by atoms with Gasteiger partial charge in [-0.1, -0.05) is 0 Å². The molecule has 0 radical (unpaired) electrons. The van der Waals surface area contributed by atoms with Crippen molar-refractivity contribution < 1.29 is 9.05 Å². The Morgan fingerprint density at radius 3 is 1.50 bits per heavy atom. The highest BCUT2D eigenvalue weighted by Gasteiger charge is 2.20. The Morgan fingerprint density at radius 1 is 0.778 bits per heavy atom. The van der Waals surface area contributed by atoms with Crippen LogP contribution in [-0.4, -0.2) is 28.1 Å². The quantitative estimate of drug-likeness (QED) is 0.579. The van der Waals surface area contributed by atoms with Gasteiger partial charge in [-0.2, -0.15) is 0 Å². The topological polar surface area (TPSA) is 43.2 Å². The van der Waals surface area contributed by atoms with Crippen LogP contribution in [-0.2, 0) is 9.05 Å². The fourth-order valence-electron chi connectivity index (χ4n) is 1.47. The highest BCUT2D eigenvalue weighted by atomic mass is 28.4. The van der Waals surface area contributed by atoms with E-state index in [0.717, 1.165) is 37.1 Å². The van der Waals surface area contributed by atoms with Crippen molar-refractivity contribution in [3.05, 3.63) is 0 Å². The summed E-state index contributed by atoms with van der Waals surface area (Å²) in [4.78, 5) is 0. The van der Waals surface area contributed by atoms with E-state index < -0.39 is 16.6 Å². The third-order valence-corrected chi connectivity index (χ3v) is 3.51. The van der Waals surface area contributed by atoms with Gasteiger partial charge in [0, 0.05) is 6.42 Å². The van der Waals surface area contributed by atoms with Gasteiger partial charge in [0.05, 0.1) is 11.4 Å². The van der Waals surface area contributed by atoms with Gasteiger partial charge in [0.25, 0.3) is 16.6 Å². The van der Waals surface area contributed by atoms with Gasteiger partial charge in [-0.15, -0.1) is 10.3 Å². The molecule has 0 aromatic heterocycles. The van der Waals surface area contributed by atoms with Crippen molar-refractivity contribution in [2.24, 2.45) is 10.3 Å². The van der Waals surface area contributed by atoms with Crippen LogP contribution < -0.4 is 0 Å². The van der Waals surface area contributed by atoms with Crippen molar-refractivity contribution in [2.75, 3.05) is 0 Å². The zero-order valence-electron chi connectivity index (χ0n) is 12.5. The second-order valence-corrected chi connectivity index (χ2v) is 15.6. The maximum atomic E-state index is 5.60.